The van der Waals surface area contributed by atoms with Gasteiger partial charge < -0.3 is 15.4 Å². The van der Waals surface area contributed by atoms with Gasteiger partial charge in [0.25, 0.3) is 0 Å². The van der Waals surface area contributed by atoms with Gasteiger partial charge in [-0.1, -0.05) is 27.7 Å². The number of aromatic nitrogens is 1. The molecule has 2 rings (SSSR count). The number of morpholine rings is 1. The van der Waals surface area contributed by atoms with E-state index in [0.29, 0.717) is 5.92 Å². The lowest BCUT2D eigenvalue weighted by atomic mass is 9.97. The predicted octanol–water partition coefficient (Wildman–Crippen LogP) is 3.56. The van der Waals surface area contributed by atoms with Crippen molar-refractivity contribution in [2.75, 3.05) is 24.6 Å². The highest BCUT2D eigenvalue weighted by molar-refractivity contribution is 5.45. The molecule has 2 atom stereocenters. The number of hydrogen-bond acceptors (Lipinski definition) is 4. The number of hydrogen-bond donors (Lipinski definition) is 1. The van der Waals surface area contributed by atoms with Gasteiger partial charge in [0.1, 0.15) is 0 Å². The van der Waals surface area contributed by atoms with E-state index >= 15 is 0 Å². The Balaban J connectivity index is 0.00000116. The van der Waals surface area contributed by atoms with Gasteiger partial charge in [-0.05, 0) is 38.3 Å². The van der Waals surface area contributed by atoms with Crippen molar-refractivity contribution in [3.8, 4) is 0 Å². The Labute approximate surface area is 136 Å². The maximum atomic E-state index is 6.17. The molecule has 126 valence electrons. The molecule has 2 unspecified atom stereocenters. The smallest absolute Gasteiger partial charge is 0.0924 e. The van der Waals surface area contributed by atoms with E-state index in [1.54, 1.807) is 0 Å². The molecular formula is C18H33N3O. The Morgan fingerprint density at radius 1 is 1.41 bits per heavy atom. The Kier molecular flexibility index (Phi) is 7.30. The van der Waals surface area contributed by atoms with E-state index < -0.39 is 0 Å². The average molecular weight is 307 g/mol. The summed E-state index contributed by atoms with van der Waals surface area (Å²) in [5, 5.41) is 0. The number of anilines is 1. The van der Waals surface area contributed by atoms with Crippen LogP contribution in [0.1, 0.15) is 59.6 Å². The second-order valence-corrected chi connectivity index (χ2v) is 6.38. The molecule has 1 aromatic rings. The summed E-state index contributed by atoms with van der Waals surface area (Å²) >= 11 is 0. The van der Waals surface area contributed by atoms with Crippen molar-refractivity contribution in [3.63, 3.8) is 0 Å². The van der Waals surface area contributed by atoms with Crippen molar-refractivity contribution < 1.29 is 4.74 Å². The van der Waals surface area contributed by atoms with Crippen LogP contribution >= 0.6 is 0 Å². The molecule has 0 aromatic carbocycles. The minimum atomic E-state index is -0.317. The fraction of sp³-hybridized carbons (Fsp3) is 0.722. The number of nitrogens with two attached hydrogens (primary N) is 1. The van der Waals surface area contributed by atoms with E-state index in [1.807, 2.05) is 33.9 Å². The van der Waals surface area contributed by atoms with Crippen LogP contribution in [0, 0.1) is 0 Å². The van der Waals surface area contributed by atoms with Gasteiger partial charge in [-0.15, -0.1) is 0 Å². The summed E-state index contributed by atoms with van der Waals surface area (Å²) in [5.74, 6) is 0.518. The second kappa shape index (κ2) is 8.49. The molecule has 1 aliphatic heterocycles. The molecule has 0 amide bonds. The molecule has 1 aliphatic rings. The summed E-state index contributed by atoms with van der Waals surface area (Å²) in [6.07, 6.45) is 3.16. The molecule has 1 fully saturated rings. The van der Waals surface area contributed by atoms with Crippen LogP contribution in [-0.2, 0) is 4.74 Å². The summed E-state index contributed by atoms with van der Waals surface area (Å²) in [4.78, 5) is 6.91. The quantitative estimate of drug-likeness (QED) is 0.924. The highest BCUT2D eigenvalue weighted by atomic mass is 16.5. The minimum Gasteiger partial charge on any atom is -0.373 e. The van der Waals surface area contributed by atoms with Crippen molar-refractivity contribution in [1.82, 2.24) is 4.98 Å². The summed E-state index contributed by atoms with van der Waals surface area (Å²) in [5.41, 5.74) is 8.18. The molecule has 4 nitrogen and oxygen atoms in total. The first-order valence-electron chi connectivity index (χ1n) is 8.53. The van der Waals surface area contributed by atoms with Gasteiger partial charge in [-0.3, -0.25) is 4.98 Å². The summed E-state index contributed by atoms with van der Waals surface area (Å²) in [7, 11) is 0. The fourth-order valence-corrected chi connectivity index (χ4v) is 2.42. The fourth-order valence-electron chi connectivity index (χ4n) is 2.42. The highest BCUT2D eigenvalue weighted by Gasteiger charge is 2.31. The zero-order valence-electron chi connectivity index (χ0n) is 15.1. The third-order valence-electron chi connectivity index (χ3n) is 4.15. The van der Waals surface area contributed by atoms with Crippen molar-refractivity contribution in [3.05, 3.63) is 24.0 Å². The Hall–Kier alpha value is -1.13. The molecule has 2 heterocycles. The van der Waals surface area contributed by atoms with Crippen LogP contribution in [0.4, 0.5) is 5.69 Å². The first kappa shape index (κ1) is 18.9. The van der Waals surface area contributed by atoms with E-state index in [4.69, 9.17) is 10.5 Å². The van der Waals surface area contributed by atoms with Crippen molar-refractivity contribution in [2.24, 2.45) is 5.73 Å². The van der Waals surface area contributed by atoms with Gasteiger partial charge in [0, 0.05) is 24.3 Å². The summed E-state index contributed by atoms with van der Waals surface area (Å²) in [6.45, 7) is 14.9. The van der Waals surface area contributed by atoms with Crippen molar-refractivity contribution in [1.29, 1.82) is 0 Å². The third kappa shape index (κ3) is 4.96. The Morgan fingerprint density at radius 2 is 2.09 bits per heavy atom. The first-order chi connectivity index (χ1) is 10.4. The van der Waals surface area contributed by atoms with Gasteiger partial charge in [0.2, 0.25) is 0 Å². The third-order valence-corrected chi connectivity index (χ3v) is 4.15. The van der Waals surface area contributed by atoms with Crippen LogP contribution in [0.25, 0.3) is 0 Å². The number of pyridine rings is 1. The van der Waals surface area contributed by atoms with Crippen LogP contribution in [0.2, 0.25) is 0 Å². The molecule has 0 radical (unpaired) electrons. The number of ether oxygens (including phenoxy) is 1. The molecule has 4 heteroatoms. The van der Waals surface area contributed by atoms with E-state index in [0.717, 1.165) is 31.8 Å². The summed E-state index contributed by atoms with van der Waals surface area (Å²) < 4.78 is 5.79. The lowest BCUT2D eigenvalue weighted by Crippen LogP contribution is -2.56. The monoisotopic (exact) mass is 307 g/mol. The predicted molar refractivity (Wildman–Crippen MR) is 94.5 cm³/mol. The molecule has 0 aliphatic carbocycles. The average Bonchev–Trinajstić information content (AvgIpc) is 2.55. The lowest BCUT2D eigenvalue weighted by molar-refractivity contribution is -0.000229. The van der Waals surface area contributed by atoms with Gasteiger partial charge >= 0.3 is 0 Å². The van der Waals surface area contributed by atoms with Crippen molar-refractivity contribution in [2.45, 2.75) is 65.5 Å². The minimum absolute atomic E-state index is 0.0606. The molecule has 22 heavy (non-hydrogen) atoms. The lowest BCUT2D eigenvalue weighted by Gasteiger charge is -2.40. The standard InChI is InChI=1S/C16H27N3O.C2H6/c1-5-12(2)14-7-6-13(10-18-14)19-8-9-20-15(11-19)16(3,4)17;1-2/h6-7,10,12,15H,5,8-9,11,17H2,1-4H3;1-2H3. The molecule has 2 N–H and O–H groups in total. The van der Waals surface area contributed by atoms with Crippen LogP contribution in [0.15, 0.2) is 18.3 Å². The SMILES string of the molecule is CC.CCC(C)c1ccc(N2CCOC(C(C)(C)N)C2)cn1. The summed E-state index contributed by atoms with van der Waals surface area (Å²) in [6, 6.07) is 4.31. The van der Waals surface area contributed by atoms with Crippen LogP contribution < -0.4 is 10.6 Å². The van der Waals surface area contributed by atoms with Gasteiger partial charge in [0.05, 0.1) is 24.6 Å². The largest absolute Gasteiger partial charge is 0.373 e. The number of nitrogens with zero attached hydrogens (tertiary/aromatic N) is 2. The van der Waals surface area contributed by atoms with E-state index in [2.05, 4.69) is 35.9 Å². The second-order valence-electron chi connectivity index (χ2n) is 6.38. The van der Waals surface area contributed by atoms with E-state index in [1.165, 1.54) is 5.69 Å². The van der Waals surface area contributed by atoms with Gasteiger partial charge in [0.15, 0.2) is 0 Å². The normalized spacial score (nSPS) is 20.1. The first-order valence-corrected chi connectivity index (χ1v) is 8.53. The van der Waals surface area contributed by atoms with E-state index in [9.17, 15) is 0 Å². The highest BCUT2D eigenvalue weighted by Crippen LogP contribution is 2.23. The van der Waals surface area contributed by atoms with E-state index in [-0.39, 0.29) is 11.6 Å². The molecule has 0 spiro atoms. The maximum Gasteiger partial charge on any atom is 0.0924 e. The zero-order valence-corrected chi connectivity index (χ0v) is 15.1. The molecule has 1 saturated heterocycles. The Morgan fingerprint density at radius 3 is 2.59 bits per heavy atom. The molecule has 0 saturated carbocycles. The van der Waals surface area contributed by atoms with Crippen molar-refractivity contribution >= 4 is 5.69 Å². The Bertz CT molecular complexity index is 425. The van der Waals surface area contributed by atoms with Crippen LogP contribution in [0.3, 0.4) is 0 Å². The molecule has 0 bridgehead atoms. The van der Waals surface area contributed by atoms with Crippen LogP contribution in [-0.4, -0.2) is 36.3 Å². The van der Waals surface area contributed by atoms with Gasteiger partial charge in [-0.2, -0.15) is 0 Å². The zero-order chi connectivity index (χ0) is 16.8. The molecule has 1 aromatic heterocycles. The number of rotatable bonds is 4. The maximum absolute atomic E-state index is 6.17. The molecular weight excluding hydrogens is 274 g/mol. The topological polar surface area (TPSA) is 51.4 Å². The van der Waals surface area contributed by atoms with Gasteiger partial charge in [-0.25, -0.2) is 0 Å². The van der Waals surface area contributed by atoms with Crippen LogP contribution in [0.5, 0.6) is 0 Å².